The maximum atomic E-state index is 12.5. The minimum atomic E-state index is -3.00. The number of nitrogens with one attached hydrogen (secondary N) is 1. The van der Waals surface area contributed by atoms with E-state index >= 15 is 0 Å². The van der Waals surface area contributed by atoms with Crippen molar-refractivity contribution >= 4 is 15.9 Å². The highest BCUT2D eigenvalue weighted by molar-refractivity contribution is 7.91. The highest BCUT2D eigenvalue weighted by atomic mass is 32.2. The van der Waals surface area contributed by atoms with Crippen molar-refractivity contribution in [1.82, 2.24) is 10.2 Å². The lowest BCUT2D eigenvalue weighted by Crippen LogP contribution is -2.47. The summed E-state index contributed by atoms with van der Waals surface area (Å²) in [7, 11) is -3.00. The van der Waals surface area contributed by atoms with E-state index in [0.717, 1.165) is 32.4 Å². The molecule has 0 aromatic rings. The van der Waals surface area contributed by atoms with Crippen LogP contribution in [0.2, 0.25) is 0 Å². The van der Waals surface area contributed by atoms with Gasteiger partial charge in [-0.15, -0.1) is 0 Å². The third-order valence-electron chi connectivity index (χ3n) is 5.82. The first kappa shape index (κ1) is 16.1. The fourth-order valence-electron chi connectivity index (χ4n) is 4.50. The van der Waals surface area contributed by atoms with Gasteiger partial charge in [0.1, 0.15) is 9.84 Å². The van der Waals surface area contributed by atoms with Crippen LogP contribution in [0, 0.1) is 11.8 Å². The van der Waals surface area contributed by atoms with Crippen molar-refractivity contribution in [3.8, 4) is 0 Å². The maximum Gasteiger partial charge on any atom is 0.317 e. The van der Waals surface area contributed by atoms with Crippen LogP contribution in [0.15, 0.2) is 0 Å². The summed E-state index contributed by atoms with van der Waals surface area (Å²) in [5.41, 5.74) is 0. The zero-order valence-corrected chi connectivity index (χ0v) is 14.3. The zero-order chi connectivity index (χ0) is 15.7. The van der Waals surface area contributed by atoms with Crippen LogP contribution in [0.3, 0.4) is 0 Å². The van der Waals surface area contributed by atoms with Gasteiger partial charge >= 0.3 is 6.03 Å². The molecule has 2 aliphatic carbocycles. The van der Waals surface area contributed by atoms with Crippen LogP contribution in [-0.4, -0.2) is 50.0 Å². The Labute approximate surface area is 133 Å². The Morgan fingerprint density at radius 2 is 1.64 bits per heavy atom. The van der Waals surface area contributed by atoms with E-state index in [0.29, 0.717) is 18.3 Å². The smallest absolute Gasteiger partial charge is 0.317 e. The van der Waals surface area contributed by atoms with Crippen LogP contribution in [0.5, 0.6) is 0 Å². The molecular formula is C16H28N2O3S. The number of amides is 2. The molecule has 22 heavy (non-hydrogen) atoms. The van der Waals surface area contributed by atoms with Crippen molar-refractivity contribution in [2.24, 2.45) is 11.8 Å². The molecule has 0 spiro atoms. The number of sulfone groups is 1. The van der Waals surface area contributed by atoms with E-state index in [1.54, 1.807) is 0 Å². The van der Waals surface area contributed by atoms with Gasteiger partial charge in [0.05, 0.1) is 5.25 Å². The van der Waals surface area contributed by atoms with Crippen molar-refractivity contribution in [3.63, 3.8) is 0 Å². The van der Waals surface area contributed by atoms with Gasteiger partial charge in [-0.05, 0) is 43.9 Å². The van der Waals surface area contributed by atoms with Crippen molar-refractivity contribution < 1.29 is 13.2 Å². The molecule has 3 rings (SSSR count). The van der Waals surface area contributed by atoms with Gasteiger partial charge in [-0.25, -0.2) is 13.2 Å². The molecule has 1 N–H and O–H groups in total. The number of carbonyl (C=O) groups excluding carboxylic acids is 1. The highest BCUT2D eigenvalue weighted by Crippen LogP contribution is 2.36. The molecule has 0 bridgehead atoms. The normalized spacial score (nSPS) is 36.0. The Morgan fingerprint density at radius 1 is 1.00 bits per heavy atom. The van der Waals surface area contributed by atoms with E-state index in [2.05, 4.69) is 5.32 Å². The standard InChI is InChI=1S/C16H28N2O3S/c1-22(20,21)15-8-4-7-14(9-15)17-16(19)18-10-12-5-2-3-6-13(12)11-18/h12-15H,2-11H2,1H3,(H,17,19)/t12-,13+,14-,15+/m0/s1. The first-order chi connectivity index (χ1) is 10.4. The molecule has 4 atom stereocenters. The summed E-state index contributed by atoms with van der Waals surface area (Å²) < 4.78 is 23.4. The molecule has 3 aliphatic rings. The number of hydrogen-bond donors (Lipinski definition) is 1. The van der Waals surface area contributed by atoms with E-state index in [1.807, 2.05) is 4.90 Å². The number of likely N-dealkylation sites (tertiary alicyclic amines) is 1. The van der Waals surface area contributed by atoms with E-state index in [9.17, 15) is 13.2 Å². The quantitative estimate of drug-likeness (QED) is 0.845. The van der Waals surface area contributed by atoms with Gasteiger partial charge in [-0.2, -0.15) is 0 Å². The fraction of sp³-hybridized carbons (Fsp3) is 0.938. The summed E-state index contributed by atoms with van der Waals surface area (Å²) in [5, 5.41) is 2.81. The number of carbonyl (C=O) groups is 1. The number of rotatable bonds is 2. The number of fused-ring (bicyclic) bond motifs is 1. The zero-order valence-electron chi connectivity index (χ0n) is 13.5. The predicted octanol–water partition coefficient (Wildman–Crippen LogP) is 2.17. The molecule has 0 radical (unpaired) electrons. The molecule has 6 heteroatoms. The van der Waals surface area contributed by atoms with Gasteiger partial charge in [-0.3, -0.25) is 0 Å². The largest absolute Gasteiger partial charge is 0.335 e. The molecule has 1 aliphatic heterocycles. The van der Waals surface area contributed by atoms with Crippen LogP contribution in [0.1, 0.15) is 51.4 Å². The lowest BCUT2D eigenvalue weighted by molar-refractivity contribution is 0.198. The van der Waals surface area contributed by atoms with E-state index in [1.165, 1.54) is 31.9 Å². The third-order valence-corrected chi connectivity index (χ3v) is 7.46. The molecule has 0 aromatic carbocycles. The average Bonchev–Trinajstić information content (AvgIpc) is 2.90. The van der Waals surface area contributed by atoms with Gasteiger partial charge < -0.3 is 10.2 Å². The van der Waals surface area contributed by atoms with Gasteiger partial charge in [0.25, 0.3) is 0 Å². The number of hydrogen-bond acceptors (Lipinski definition) is 3. The Hall–Kier alpha value is -0.780. The number of nitrogens with zero attached hydrogens (tertiary/aromatic N) is 1. The summed E-state index contributed by atoms with van der Waals surface area (Å²) in [4.78, 5) is 14.4. The second-order valence-electron chi connectivity index (χ2n) is 7.47. The SMILES string of the molecule is CS(=O)(=O)[C@@H]1CCC[C@H](NC(=O)N2C[C@H]3CCCC[C@H]3C2)C1. The minimum absolute atomic E-state index is 0.0172. The fourth-order valence-corrected chi connectivity index (χ4v) is 5.68. The summed E-state index contributed by atoms with van der Waals surface area (Å²) in [5.74, 6) is 1.38. The van der Waals surface area contributed by atoms with Crippen LogP contribution in [0.25, 0.3) is 0 Å². The summed E-state index contributed by atoms with van der Waals surface area (Å²) in [6.45, 7) is 1.78. The first-order valence-electron chi connectivity index (χ1n) is 8.68. The Morgan fingerprint density at radius 3 is 2.23 bits per heavy atom. The maximum absolute atomic E-state index is 12.5. The summed E-state index contributed by atoms with van der Waals surface area (Å²) in [6.07, 6.45) is 9.52. The Bertz CT molecular complexity index is 505. The lowest BCUT2D eigenvalue weighted by atomic mass is 9.82. The summed E-state index contributed by atoms with van der Waals surface area (Å²) in [6, 6.07) is 0.0390. The van der Waals surface area contributed by atoms with E-state index in [-0.39, 0.29) is 17.3 Å². The molecule has 3 fully saturated rings. The van der Waals surface area contributed by atoms with Crippen LogP contribution >= 0.6 is 0 Å². The Kier molecular flexibility index (Phi) is 4.67. The van der Waals surface area contributed by atoms with Crippen LogP contribution in [0.4, 0.5) is 4.79 Å². The topological polar surface area (TPSA) is 66.5 Å². The van der Waals surface area contributed by atoms with Gasteiger partial charge in [0.15, 0.2) is 0 Å². The third kappa shape index (κ3) is 3.58. The number of urea groups is 1. The second-order valence-corrected chi connectivity index (χ2v) is 9.80. The van der Waals surface area contributed by atoms with Gasteiger partial charge in [-0.1, -0.05) is 19.3 Å². The average molecular weight is 328 g/mol. The molecule has 0 unspecified atom stereocenters. The van der Waals surface area contributed by atoms with Crippen LogP contribution < -0.4 is 5.32 Å². The lowest BCUT2D eigenvalue weighted by Gasteiger charge is -2.30. The van der Waals surface area contributed by atoms with Crippen molar-refractivity contribution in [1.29, 1.82) is 0 Å². The molecule has 126 valence electrons. The van der Waals surface area contributed by atoms with Crippen molar-refractivity contribution in [2.45, 2.75) is 62.7 Å². The molecule has 2 saturated carbocycles. The van der Waals surface area contributed by atoms with E-state index < -0.39 is 9.84 Å². The van der Waals surface area contributed by atoms with Crippen molar-refractivity contribution in [3.05, 3.63) is 0 Å². The molecular weight excluding hydrogens is 300 g/mol. The van der Waals surface area contributed by atoms with Crippen molar-refractivity contribution in [2.75, 3.05) is 19.3 Å². The molecule has 1 saturated heterocycles. The molecule has 2 amide bonds. The monoisotopic (exact) mass is 328 g/mol. The van der Waals surface area contributed by atoms with E-state index in [4.69, 9.17) is 0 Å². The second kappa shape index (κ2) is 6.38. The van der Waals surface area contributed by atoms with Gasteiger partial charge in [0.2, 0.25) is 0 Å². The highest BCUT2D eigenvalue weighted by Gasteiger charge is 2.37. The molecule has 1 heterocycles. The first-order valence-corrected chi connectivity index (χ1v) is 10.6. The van der Waals surface area contributed by atoms with Crippen LogP contribution in [-0.2, 0) is 9.84 Å². The van der Waals surface area contributed by atoms with Gasteiger partial charge in [0, 0.05) is 25.4 Å². The summed E-state index contributed by atoms with van der Waals surface area (Å²) >= 11 is 0. The predicted molar refractivity (Wildman–Crippen MR) is 86.4 cm³/mol. The molecule has 0 aromatic heterocycles. The minimum Gasteiger partial charge on any atom is -0.335 e. The molecule has 5 nitrogen and oxygen atoms in total. The Balaban J connectivity index is 1.53.